The molecule has 1 amide bonds. The lowest BCUT2D eigenvalue weighted by Gasteiger charge is -2.31. The van der Waals surface area contributed by atoms with Gasteiger partial charge in [-0.1, -0.05) is 59.1 Å². The molecule has 1 N–H and O–H groups in total. The van der Waals surface area contributed by atoms with E-state index in [1.165, 1.54) is 4.31 Å². The lowest BCUT2D eigenvalue weighted by Crippen LogP contribution is -2.46. The molecule has 1 fully saturated rings. The van der Waals surface area contributed by atoms with Crippen LogP contribution < -0.4 is 5.32 Å². The van der Waals surface area contributed by atoms with Gasteiger partial charge in [0.05, 0.1) is 21.7 Å². The summed E-state index contributed by atoms with van der Waals surface area (Å²) in [5, 5.41) is 4.39. The number of benzene rings is 2. The molecule has 2 aromatic rings. The molecule has 2 aromatic carbocycles. The van der Waals surface area contributed by atoms with Crippen LogP contribution >= 0.6 is 46.6 Å². The van der Waals surface area contributed by atoms with Crippen LogP contribution in [0.4, 0.5) is 0 Å². The van der Waals surface area contributed by atoms with Crippen LogP contribution in [0.15, 0.2) is 42.5 Å². The maximum atomic E-state index is 12.9. The van der Waals surface area contributed by atoms with Gasteiger partial charge in [0.1, 0.15) is 0 Å². The van der Waals surface area contributed by atoms with Gasteiger partial charge >= 0.3 is 0 Å². The summed E-state index contributed by atoms with van der Waals surface area (Å²) in [6.45, 7) is 1.14. The number of carbonyl (C=O) groups excluding carboxylic acids is 1. The third-order valence-corrected chi connectivity index (χ3v) is 9.17. The molecule has 3 rings (SSSR count). The predicted octanol–water partition coefficient (Wildman–Crippen LogP) is 5.24. The monoisotopic (exact) mass is 534 g/mol. The fourth-order valence-corrected chi connectivity index (χ4v) is 6.59. The minimum atomic E-state index is -3.56. The van der Waals surface area contributed by atoms with Crippen molar-refractivity contribution in [2.45, 2.75) is 24.3 Å². The number of piperidine rings is 1. The normalized spacial score (nSPS) is 17.3. The molecule has 0 saturated carbocycles. The first-order valence-electron chi connectivity index (χ1n) is 10.3. The average molecular weight is 536 g/mol. The Morgan fingerprint density at radius 3 is 2.62 bits per heavy atom. The maximum Gasteiger partial charge on any atom is 0.224 e. The van der Waals surface area contributed by atoms with Crippen molar-refractivity contribution in [1.82, 2.24) is 9.62 Å². The van der Waals surface area contributed by atoms with Crippen molar-refractivity contribution in [3.63, 3.8) is 0 Å². The second kappa shape index (κ2) is 12.0. The Kier molecular flexibility index (Phi) is 9.58. The Hall–Kier alpha value is -0.960. The first-order chi connectivity index (χ1) is 15.3. The molecule has 0 bridgehead atoms. The van der Waals surface area contributed by atoms with Gasteiger partial charge in [-0.2, -0.15) is 11.8 Å². The van der Waals surface area contributed by atoms with Crippen molar-refractivity contribution >= 4 is 62.5 Å². The molecule has 174 valence electrons. The van der Waals surface area contributed by atoms with Gasteiger partial charge in [0.25, 0.3) is 0 Å². The number of thioether (sulfide) groups is 1. The van der Waals surface area contributed by atoms with Gasteiger partial charge in [-0.15, -0.1) is 0 Å². The Bertz CT molecular complexity index is 1050. The van der Waals surface area contributed by atoms with Crippen LogP contribution in [0.1, 0.15) is 24.0 Å². The zero-order valence-electron chi connectivity index (χ0n) is 17.4. The van der Waals surface area contributed by atoms with Crippen molar-refractivity contribution in [1.29, 1.82) is 0 Å². The van der Waals surface area contributed by atoms with E-state index >= 15 is 0 Å². The molecule has 1 aliphatic rings. The number of amides is 1. The molecule has 0 unspecified atom stereocenters. The number of rotatable bonds is 9. The summed E-state index contributed by atoms with van der Waals surface area (Å²) in [5.41, 5.74) is 1.64. The number of nitrogens with one attached hydrogen (secondary N) is 1. The number of halogens is 3. The van der Waals surface area contributed by atoms with Crippen LogP contribution in [0.25, 0.3) is 0 Å². The molecule has 0 aliphatic carbocycles. The summed E-state index contributed by atoms with van der Waals surface area (Å²) in [5.74, 6) is 0.915. The van der Waals surface area contributed by atoms with Crippen LogP contribution in [-0.2, 0) is 26.3 Å². The van der Waals surface area contributed by atoms with Crippen LogP contribution in [0, 0.1) is 5.92 Å². The summed E-state index contributed by atoms with van der Waals surface area (Å²) in [7, 11) is -3.56. The van der Waals surface area contributed by atoms with Gasteiger partial charge in [0.2, 0.25) is 15.9 Å². The minimum absolute atomic E-state index is 0.0993. The molecule has 1 atom stereocenters. The smallest absolute Gasteiger partial charge is 0.224 e. The highest BCUT2D eigenvalue weighted by Gasteiger charge is 2.32. The zero-order chi connectivity index (χ0) is 23.1. The molecule has 5 nitrogen and oxygen atoms in total. The van der Waals surface area contributed by atoms with E-state index < -0.39 is 10.0 Å². The summed E-state index contributed by atoms with van der Waals surface area (Å²) in [6.07, 6.45) is 1.33. The maximum absolute atomic E-state index is 12.9. The van der Waals surface area contributed by atoms with Crippen molar-refractivity contribution in [2.24, 2.45) is 5.92 Å². The summed E-state index contributed by atoms with van der Waals surface area (Å²) >= 11 is 19.8. The van der Waals surface area contributed by atoms with Crippen LogP contribution in [0.3, 0.4) is 0 Å². The molecular weight excluding hydrogens is 511 g/mol. The number of sulfonamides is 1. The highest BCUT2D eigenvalue weighted by atomic mass is 35.5. The van der Waals surface area contributed by atoms with Crippen molar-refractivity contribution in [2.75, 3.05) is 25.4 Å². The minimum Gasteiger partial charge on any atom is -0.355 e. The molecular formula is C22H25Cl3N2O3S2. The lowest BCUT2D eigenvalue weighted by atomic mass is 9.99. The van der Waals surface area contributed by atoms with Crippen LogP contribution in [-0.4, -0.2) is 44.0 Å². The topological polar surface area (TPSA) is 66.5 Å². The van der Waals surface area contributed by atoms with E-state index in [0.29, 0.717) is 41.5 Å². The van der Waals surface area contributed by atoms with Crippen molar-refractivity contribution < 1.29 is 13.2 Å². The molecule has 0 radical (unpaired) electrons. The van der Waals surface area contributed by atoms with E-state index in [9.17, 15) is 13.2 Å². The van der Waals surface area contributed by atoms with E-state index in [1.807, 2.05) is 24.3 Å². The van der Waals surface area contributed by atoms with Crippen LogP contribution in [0.2, 0.25) is 15.1 Å². The van der Waals surface area contributed by atoms with Gasteiger partial charge < -0.3 is 5.32 Å². The first-order valence-corrected chi connectivity index (χ1v) is 14.2. The van der Waals surface area contributed by atoms with Crippen LogP contribution in [0.5, 0.6) is 0 Å². The van der Waals surface area contributed by atoms with Gasteiger partial charge in [0.15, 0.2) is 0 Å². The Labute approximate surface area is 208 Å². The number of nitrogens with zero attached hydrogens (tertiary/aromatic N) is 1. The Balaban J connectivity index is 1.46. The molecule has 0 aromatic heterocycles. The predicted molar refractivity (Wildman–Crippen MR) is 134 cm³/mol. The van der Waals surface area contributed by atoms with E-state index in [1.54, 1.807) is 30.0 Å². The van der Waals surface area contributed by atoms with Gasteiger partial charge in [-0.25, -0.2) is 12.7 Å². The second-order valence-corrected chi connectivity index (χ2v) is 11.9. The largest absolute Gasteiger partial charge is 0.355 e. The summed E-state index contributed by atoms with van der Waals surface area (Å²) in [4.78, 5) is 12.6. The molecule has 1 aliphatic heterocycles. The Morgan fingerprint density at radius 2 is 1.88 bits per heavy atom. The quantitative estimate of drug-likeness (QED) is 0.446. The fraction of sp³-hybridized carbons (Fsp3) is 0.409. The lowest BCUT2D eigenvalue weighted by molar-refractivity contribution is -0.125. The van der Waals surface area contributed by atoms with E-state index in [0.717, 1.165) is 22.1 Å². The molecule has 1 heterocycles. The number of hydrogen-bond acceptors (Lipinski definition) is 4. The third-order valence-electron chi connectivity index (χ3n) is 5.24. The first kappa shape index (κ1) is 25.7. The highest BCUT2D eigenvalue weighted by molar-refractivity contribution is 7.98. The highest BCUT2D eigenvalue weighted by Crippen LogP contribution is 2.26. The molecule has 32 heavy (non-hydrogen) atoms. The standard InChI is InChI=1S/C22H25Cl3N2O3S2/c23-19-6-2-1-4-18(19)14-31-11-9-26-22(28)17-5-3-10-27(13-17)32(29,30)15-16-7-8-20(24)21(25)12-16/h1-2,4,6-8,12,17H,3,5,9-11,13-15H2,(H,26,28)/t17-/m1/s1. The Morgan fingerprint density at radius 1 is 1.09 bits per heavy atom. The number of hydrogen-bond donors (Lipinski definition) is 1. The average Bonchev–Trinajstić information content (AvgIpc) is 2.77. The fourth-order valence-electron chi connectivity index (χ4n) is 3.53. The molecule has 0 spiro atoms. The zero-order valence-corrected chi connectivity index (χ0v) is 21.3. The number of carbonyl (C=O) groups is 1. The van der Waals surface area contributed by atoms with Crippen molar-refractivity contribution in [3.05, 3.63) is 68.7 Å². The van der Waals surface area contributed by atoms with Gasteiger partial charge in [-0.05, 0) is 42.2 Å². The summed E-state index contributed by atoms with van der Waals surface area (Å²) in [6, 6.07) is 12.5. The van der Waals surface area contributed by atoms with Gasteiger partial charge in [-0.3, -0.25) is 4.79 Å². The summed E-state index contributed by atoms with van der Waals surface area (Å²) < 4.78 is 27.2. The van der Waals surface area contributed by atoms with E-state index in [2.05, 4.69) is 5.32 Å². The van der Waals surface area contributed by atoms with E-state index in [4.69, 9.17) is 34.8 Å². The second-order valence-electron chi connectivity index (χ2n) is 7.64. The van der Waals surface area contributed by atoms with E-state index in [-0.39, 0.29) is 24.1 Å². The van der Waals surface area contributed by atoms with Crippen molar-refractivity contribution in [3.8, 4) is 0 Å². The third kappa shape index (κ3) is 7.27. The molecule has 1 saturated heterocycles. The molecule has 10 heteroatoms. The van der Waals surface area contributed by atoms with Gasteiger partial charge in [0, 0.05) is 36.2 Å². The SMILES string of the molecule is O=C(NCCSCc1ccccc1Cl)[C@@H]1CCCN(S(=O)(=O)Cc2ccc(Cl)c(Cl)c2)C1.